The Bertz CT molecular complexity index is 735. The van der Waals surface area contributed by atoms with Gasteiger partial charge in [-0.05, 0) is 37.0 Å². The summed E-state index contributed by atoms with van der Waals surface area (Å²) in [6.45, 7) is 6.63. The Morgan fingerprint density at radius 3 is 3.00 bits per heavy atom. The van der Waals surface area contributed by atoms with E-state index in [1.807, 2.05) is 6.08 Å². The van der Waals surface area contributed by atoms with Crippen molar-refractivity contribution in [1.82, 2.24) is 4.57 Å². The second-order valence-electron chi connectivity index (χ2n) is 5.16. The maximum atomic E-state index is 11.9. The Balaban J connectivity index is 2.16. The molecule has 1 aliphatic rings. The zero-order chi connectivity index (χ0) is 14.1. The number of aryl methyl sites for hydroxylation is 1. The normalized spacial score (nSPS) is 15.8. The van der Waals surface area contributed by atoms with Crippen LogP contribution in [0.4, 0.5) is 0 Å². The Morgan fingerprint density at radius 1 is 1.55 bits per heavy atom. The van der Waals surface area contributed by atoms with Gasteiger partial charge in [-0.25, -0.2) is 0 Å². The van der Waals surface area contributed by atoms with Crippen molar-refractivity contribution in [2.45, 2.75) is 32.7 Å². The Labute approximate surface area is 122 Å². The summed E-state index contributed by atoms with van der Waals surface area (Å²) in [7, 11) is 0. The predicted molar refractivity (Wildman–Crippen MR) is 82.7 cm³/mol. The zero-order valence-corrected chi connectivity index (χ0v) is 12.4. The van der Waals surface area contributed by atoms with Crippen LogP contribution in [0, 0.1) is 5.92 Å². The van der Waals surface area contributed by atoms with E-state index in [4.69, 9.17) is 0 Å². The van der Waals surface area contributed by atoms with Crippen LogP contribution in [0.3, 0.4) is 0 Å². The summed E-state index contributed by atoms with van der Waals surface area (Å²) < 4.78 is 3.26. The van der Waals surface area contributed by atoms with Crippen LogP contribution in [0.5, 0.6) is 0 Å². The molecule has 0 spiro atoms. The van der Waals surface area contributed by atoms with E-state index in [1.54, 1.807) is 11.3 Å². The Kier molecular flexibility index (Phi) is 3.57. The monoisotopic (exact) mass is 286 g/mol. The van der Waals surface area contributed by atoms with Crippen molar-refractivity contribution < 1.29 is 4.79 Å². The summed E-state index contributed by atoms with van der Waals surface area (Å²) in [5, 5.41) is 0. The number of nitrogens with zero attached hydrogens (tertiary/aromatic N) is 2. The molecule has 1 aliphatic carbocycles. The van der Waals surface area contributed by atoms with Crippen LogP contribution >= 0.6 is 11.3 Å². The third kappa shape index (κ3) is 2.48. The van der Waals surface area contributed by atoms with Crippen LogP contribution in [0.15, 0.2) is 35.8 Å². The molecule has 1 aromatic carbocycles. The van der Waals surface area contributed by atoms with Gasteiger partial charge in [-0.3, -0.25) is 4.79 Å². The molecule has 2 aromatic rings. The first-order valence-corrected chi connectivity index (χ1v) is 7.86. The smallest absolute Gasteiger partial charge is 0.251 e. The number of carbonyl (C=O) groups excluding carboxylic acids is 1. The summed E-state index contributed by atoms with van der Waals surface area (Å²) in [5.41, 5.74) is 2.44. The van der Waals surface area contributed by atoms with Gasteiger partial charge < -0.3 is 4.57 Å². The van der Waals surface area contributed by atoms with Gasteiger partial charge in [-0.1, -0.05) is 30.4 Å². The first-order valence-electron chi connectivity index (χ1n) is 7.04. The highest BCUT2D eigenvalue weighted by molar-refractivity contribution is 7.16. The molecule has 3 nitrogen and oxygen atoms in total. The third-order valence-electron chi connectivity index (χ3n) is 3.60. The molecule has 1 fully saturated rings. The fourth-order valence-electron chi connectivity index (χ4n) is 2.24. The molecule has 104 valence electrons. The zero-order valence-electron chi connectivity index (χ0n) is 11.6. The van der Waals surface area contributed by atoms with E-state index in [2.05, 4.69) is 41.3 Å². The third-order valence-corrected chi connectivity index (χ3v) is 4.64. The molecule has 1 aromatic heterocycles. The molecule has 1 saturated carbocycles. The SMILES string of the molecule is C=CCn1c(=NC(=O)C2CC2)sc2cc(CC)ccc21. The molecule has 0 N–H and O–H groups in total. The molecular formula is C16H18N2OS. The van der Waals surface area contributed by atoms with Gasteiger partial charge in [0.25, 0.3) is 5.91 Å². The number of carbonyl (C=O) groups is 1. The lowest BCUT2D eigenvalue weighted by molar-refractivity contribution is -0.119. The van der Waals surface area contributed by atoms with Crippen molar-refractivity contribution in [3.8, 4) is 0 Å². The second kappa shape index (κ2) is 5.37. The summed E-state index contributed by atoms with van der Waals surface area (Å²) in [6.07, 6.45) is 4.85. The lowest BCUT2D eigenvalue weighted by Crippen LogP contribution is -2.16. The lowest BCUT2D eigenvalue weighted by atomic mass is 10.2. The van der Waals surface area contributed by atoms with Crippen LogP contribution < -0.4 is 4.80 Å². The lowest BCUT2D eigenvalue weighted by Gasteiger charge is -2.01. The predicted octanol–water partition coefficient (Wildman–Crippen LogP) is 3.29. The van der Waals surface area contributed by atoms with Gasteiger partial charge in [0.1, 0.15) is 0 Å². The van der Waals surface area contributed by atoms with Crippen molar-refractivity contribution in [3.63, 3.8) is 0 Å². The first-order chi connectivity index (χ1) is 9.72. The maximum Gasteiger partial charge on any atom is 0.251 e. The number of fused-ring (bicyclic) bond motifs is 1. The van der Waals surface area contributed by atoms with Crippen molar-refractivity contribution in [2.24, 2.45) is 10.9 Å². The van der Waals surface area contributed by atoms with Crippen LogP contribution in [0.2, 0.25) is 0 Å². The van der Waals surface area contributed by atoms with Crippen LogP contribution in [-0.2, 0) is 17.8 Å². The van der Waals surface area contributed by atoms with Gasteiger partial charge in [-0.2, -0.15) is 4.99 Å². The molecule has 1 amide bonds. The van der Waals surface area contributed by atoms with E-state index in [-0.39, 0.29) is 11.8 Å². The minimum Gasteiger partial charge on any atom is -0.313 e. The number of thiazole rings is 1. The molecule has 0 bridgehead atoms. The van der Waals surface area contributed by atoms with Crippen molar-refractivity contribution >= 4 is 27.5 Å². The van der Waals surface area contributed by atoms with Crippen LogP contribution in [-0.4, -0.2) is 10.5 Å². The fourth-order valence-corrected chi connectivity index (χ4v) is 3.35. The highest BCUT2D eigenvalue weighted by Gasteiger charge is 2.29. The highest BCUT2D eigenvalue weighted by Crippen LogP contribution is 2.30. The van der Waals surface area contributed by atoms with Gasteiger partial charge in [0.05, 0.1) is 10.2 Å². The molecule has 0 atom stereocenters. The molecular weight excluding hydrogens is 268 g/mol. The molecule has 1 heterocycles. The highest BCUT2D eigenvalue weighted by atomic mass is 32.1. The largest absolute Gasteiger partial charge is 0.313 e. The van der Waals surface area contributed by atoms with E-state index < -0.39 is 0 Å². The molecule has 0 radical (unpaired) electrons. The molecule has 0 unspecified atom stereocenters. The molecule has 4 heteroatoms. The van der Waals surface area contributed by atoms with Crippen molar-refractivity contribution in [2.75, 3.05) is 0 Å². The van der Waals surface area contributed by atoms with Crippen LogP contribution in [0.1, 0.15) is 25.3 Å². The number of aromatic nitrogens is 1. The van der Waals surface area contributed by atoms with E-state index in [1.165, 1.54) is 10.3 Å². The van der Waals surface area contributed by atoms with Crippen molar-refractivity contribution in [3.05, 3.63) is 41.2 Å². The number of hydrogen-bond acceptors (Lipinski definition) is 2. The molecule has 20 heavy (non-hydrogen) atoms. The standard InChI is InChI=1S/C16H18N2OS/c1-3-9-18-13-8-5-11(4-2)10-14(13)20-16(18)17-15(19)12-6-7-12/h3,5,8,10,12H,1,4,6-7,9H2,2H3. The number of amides is 1. The van der Waals surface area contributed by atoms with Crippen LogP contribution in [0.25, 0.3) is 10.2 Å². The van der Waals surface area contributed by atoms with Gasteiger partial charge in [0, 0.05) is 12.5 Å². The minimum atomic E-state index is 0.0325. The van der Waals surface area contributed by atoms with Crippen molar-refractivity contribution in [1.29, 1.82) is 0 Å². The quantitative estimate of drug-likeness (QED) is 0.794. The maximum absolute atomic E-state index is 11.9. The average molecular weight is 286 g/mol. The summed E-state index contributed by atoms with van der Waals surface area (Å²) in [4.78, 5) is 17.1. The summed E-state index contributed by atoms with van der Waals surface area (Å²) in [5.74, 6) is 0.202. The molecule has 0 aliphatic heterocycles. The average Bonchev–Trinajstić information content (AvgIpc) is 3.24. The topological polar surface area (TPSA) is 34.4 Å². The minimum absolute atomic E-state index is 0.0325. The number of hydrogen-bond donors (Lipinski definition) is 0. The Morgan fingerprint density at radius 2 is 2.35 bits per heavy atom. The summed E-state index contributed by atoms with van der Waals surface area (Å²) >= 11 is 1.59. The molecule has 3 rings (SSSR count). The second-order valence-corrected chi connectivity index (χ2v) is 6.17. The van der Waals surface area contributed by atoms with Gasteiger partial charge in [0.15, 0.2) is 4.80 Å². The first kappa shape index (κ1) is 13.3. The number of benzene rings is 1. The number of allylic oxidation sites excluding steroid dienone is 1. The van der Waals surface area contributed by atoms with E-state index in [0.717, 1.165) is 29.6 Å². The Hall–Kier alpha value is -1.68. The fraction of sp³-hybridized carbons (Fsp3) is 0.375. The van der Waals surface area contributed by atoms with Gasteiger partial charge >= 0.3 is 0 Å². The summed E-state index contributed by atoms with van der Waals surface area (Å²) in [6, 6.07) is 6.45. The van der Waals surface area contributed by atoms with Gasteiger partial charge in [-0.15, -0.1) is 6.58 Å². The van der Waals surface area contributed by atoms with E-state index in [0.29, 0.717) is 6.54 Å². The number of rotatable bonds is 4. The van der Waals surface area contributed by atoms with E-state index >= 15 is 0 Å². The molecule has 0 saturated heterocycles. The van der Waals surface area contributed by atoms with Gasteiger partial charge in [0.2, 0.25) is 0 Å². The van der Waals surface area contributed by atoms with E-state index in [9.17, 15) is 4.79 Å².